The number of imidazole rings is 1. The van der Waals surface area contributed by atoms with Crippen LogP contribution in [0, 0.1) is 0 Å². The predicted octanol–water partition coefficient (Wildman–Crippen LogP) is 14.7. The molecule has 0 saturated heterocycles. The Labute approximate surface area is 278 Å². The third-order valence-electron chi connectivity index (χ3n) is 10.3. The van der Waals surface area contributed by atoms with Crippen molar-refractivity contribution < 1.29 is 4.57 Å². The van der Waals surface area contributed by atoms with E-state index in [1.165, 1.54) is 224 Å². The number of nitrogens with zero attached hydrogens (tertiary/aromatic N) is 1. The van der Waals surface area contributed by atoms with E-state index in [1.807, 2.05) is 0 Å². The minimum atomic E-state index is 0.725. The van der Waals surface area contributed by atoms with E-state index in [-0.39, 0.29) is 0 Å². The highest BCUT2D eigenvalue weighted by atomic mass is 15.1. The molecule has 2 nitrogen and oxygen atoms in total. The maximum absolute atomic E-state index is 3.63. The number of hydrogen-bond acceptors (Lipinski definition) is 0. The fourth-order valence-corrected chi connectivity index (χ4v) is 7.30. The SMILES string of the molecule is CCCCCCCCCCCCCCCCCCC(CCCCCCCCCCCCCCCCCC)c1[nH]cc[n+]1CC. The van der Waals surface area contributed by atoms with Crippen LogP contribution in [0.4, 0.5) is 0 Å². The van der Waals surface area contributed by atoms with Gasteiger partial charge in [-0.3, -0.25) is 0 Å². The first-order valence-electron chi connectivity index (χ1n) is 20.9. The van der Waals surface area contributed by atoms with Gasteiger partial charge in [-0.1, -0.05) is 219 Å². The summed E-state index contributed by atoms with van der Waals surface area (Å²) in [6.45, 7) is 8.00. The number of hydrogen-bond donors (Lipinski definition) is 1. The van der Waals surface area contributed by atoms with Crippen LogP contribution < -0.4 is 4.57 Å². The molecule has 260 valence electrons. The van der Waals surface area contributed by atoms with Crippen LogP contribution in [0.15, 0.2) is 12.4 Å². The lowest BCUT2D eigenvalue weighted by molar-refractivity contribution is -0.701. The monoisotopic (exact) mass is 616 g/mol. The smallest absolute Gasteiger partial charge is 0.247 e. The van der Waals surface area contributed by atoms with Crippen LogP contribution >= 0.6 is 0 Å². The Morgan fingerprint density at radius 1 is 0.409 bits per heavy atom. The van der Waals surface area contributed by atoms with Crippen LogP contribution in [0.25, 0.3) is 0 Å². The second-order valence-corrected chi connectivity index (χ2v) is 14.5. The summed E-state index contributed by atoms with van der Waals surface area (Å²) in [5.41, 5.74) is 0. The highest BCUT2D eigenvalue weighted by Gasteiger charge is 2.21. The van der Waals surface area contributed by atoms with Crippen molar-refractivity contribution in [3.8, 4) is 0 Å². The van der Waals surface area contributed by atoms with Gasteiger partial charge in [0.05, 0.1) is 12.5 Å². The fourth-order valence-electron chi connectivity index (χ4n) is 7.30. The fraction of sp³-hybridized carbons (Fsp3) is 0.929. The largest absolute Gasteiger partial charge is 0.257 e. The van der Waals surface area contributed by atoms with Crippen molar-refractivity contribution >= 4 is 0 Å². The maximum Gasteiger partial charge on any atom is 0.257 e. The molecule has 1 N–H and O–H groups in total. The van der Waals surface area contributed by atoms with Crippen molar-refractivity contribution in [2.24, 2.45) is 0 Å². The molecule has 1 aromatic rings. The van der Waals surface area contributed by atoms with E-state index in [0.717, 1.165) is 12.5 Å². The van der Waals surface area contributed by atoms with E-state index in [4.69, 9.17) is 0 Å². The first kappa shape index (κ1) is 41.2. The Hall–Kier alpha value is -0.790. The number of H-pyrrole nitrogens is 1. The Kier molecular flexibility index (Phi) is 31.5. The molecular formula is C42H83N2+. The molecule has 0 amide bonds. The van der Waals surface area contributed by atoms with E-state index < -0.39 is 0 Å². The van der Waals surface area contributed by atoms with Gasteiger partial charge in [-0.05, 0) is 19.8 Å². The normalized spacial score (nSPS) is 11.7. The zero-order valence-corrected chi connectivity index (χ0v) is 30.9. The second-order valence-electron chi connectivity index (χ2n) is 14.5. The number of aromatic nitrogens is 2. The zero-order valence-electron chi connectivity index (χ0n) is 30.9. The highest BCUT2D eigenvalue weighted by molar-refractivity contribution is 4.90. The maximum atomic E-state index is 3.63. The number of unbranched alkanes of at least 4 members (excludes halogenated alkanes) is 30. The first-order valence-corrected chi connectivity index (χ1v) is 20.9. The Balaban J connectivity index is 2.01. The Bertz CT molecular complexity index is 628. The van der Waals surface area contributed by atoms with E-state index in [9.17, 15) is 0 Å². The number of aromatic amines is 1. The van der Waals surface area contributed by atoms with Crippen molar-refractivity contribution in [1.82, 2.24) is 4.98 Å². The van der Waals surface area contributed by atoms with Gasteiger partial charge in [-0.25, -0.2) is 9.55 Å². The minimum Gasteiger partial charge on any atom is -0.247 e. The van der Waals surface area contributed by atoms with Crippen molar-refractivity contribution in [3.63, 3.8) is 0 Å². The summed E-state index contributed by atoms with van der Waals surface area (Å²) in [4.78, 5) is 3.63. The summed E-state index contributed by atoms with van der Waals surface area (Å²) in [7, 11) is 0. The molecule has 0 saturated carbocycles. The summed E-state index contributed by atoms with van der Waals surface area (Å²) in [5.74, 6) is 2.22. The quantitative estimate of drug-likeness (QED) is 0.0572. The van der Waals surface area contributed by atoms with Crippen molar-refractivity contribution in [1.29, 1.82) is 0 Å². The van der Waals surface area contributed by atoms with Gasteiger partial charge in [0.2, 0.25) is 0 Å². The highest BCUT2D eigenvalue weighted by Crippen LogP contribution is 2.26. The van der Waals surface area contributed by atoms with Gasteiger partial charge in [0, 0.05) is 0 Å². The van der Waals surface area contributed by atoms with E-state index in [0.29, 0.717) is 0 Å². The van der Waals surface area contributed by atoms with Gasteiger partial charge in [-0.15, -0.1) is 0 Å². The Morgan fingerprint density at radius 3 is 0.955 bits per heavy atom. The molecular weight excluding hydrogens is 532 g/mol. The molecule has 0 fully saturated rings. The van der Waals surface area contributed by atoms with Crippen molar-refractivity contribution in [3.05, 3.63) is 18.2 Å². The molecule has 2 heteroatoms. The third-order valence-corrected chi connectivity index (χ3v) is 10.3. The summed E-state index contributed by atoms with van der Waals surface area (Å²) < 4.78 is 2.46. The summed E-state index contributed by atoms with van der Waals surface area (Å²) in [6.07, 6.45) is 53.7. The molecule has 0 bridgehead atoms. The van der Waals surface area contributed by atoms with Crippen LogP contribution in [0.3, 0.4) is 0 Å². The summed E-state index contributed by atoms with van der Waals surface area (Å²) >= 11 is 0. The topological polar surface area (TPSA) is 19.7 Å². The number of rotatable bonds is 36. The van der Waals surface area contributed by atoms with E-state index >= 15 is 0 Å². The zero-order chi connectivity index (χ0) is 31.6. The van der Waals surface area contributed by atoms with Crippen LogP contribution in [-0.4, -0.2) is 4.98 Å². The van der Waals surface area contributed by atoms with E-state index in [2.05, 4.69) is 42.7 Å². The molecule has 1 heterocycles. The first-order chi connectivity index (χ1) is 21.8. The molecule has 1 rings (SSSR count). The molecule has 0 atom stereocenters. The predicted molar refractivity (Wildman–Crippen MR) is 198 cm³/mol. The number of nitrogens with one attached hydrogen (secondary N) is 1. The summed E-state index contributed by atoms with van der Waals surface area (Å²) in [6, 6.07) is 0. The molecule has 0 spiro atoms. The van der Waals surface area contributed by atoms with Gasteiger partial charge < -0.3 is 0 Å². The summed E-state index contributed by atoms with van der Waals surface area (Å²) in [5, 5.41) is 0. The van der Waals surface area contributed by atoms with Gasteiger partial charge in [0.25, 0.3) is 5.82 Å². The molecule has 1 aromatic heterocycles. The van der Waals surface area contributed by atoms with Gasteiger partial charge in [0.1, 0.15) is 12.4 Å². The molecule has 0 aromatic carbocycles. The van der Waals surface area contributed by atoms with Crippen LogP contribution in [0.1, 0.15) is 251 Å². The van der Waals surface area contributed by atoms with Crippen LogP contribution in [-0.2, 0) is 6.54 Å². The lowest BCUT2D eigenvalue weighted by atomic mass is 9.93. The third kappa shape index (κ3) is 25.4. The standard InChI is InChI=1S/C42H82N2/c1-4-7-9-11-13-15-17-19-21-23-25-27-29-31-33-35-37-41(42-43-39-40-44(42)6-3)38-36-34-32-30-28-26-24-22-20-18-16-14-12-10-8-5-2/h39-41H,4-38H2,1-3H3/p+1. The molecule has 0 aliphatic rings. The van der Waals surface area contributed by atoms with Crippen molar-refractivity contribution in [2.45, 2.75) is 252 Å². The molecule has 0 aliphatic heterocycles. The lowest BCUT2D eigenvalue weighted by Crippen LogP contribution is -2.36. The minimum absolute atomic E-state index is 0.725. The Morgan fingerprint density at radius 2 is 0.682 bits per heavy atom. The van der Waals surface area contributed by atoms with E-state index in [1.54, 1.807) is 0 Å². The average Bonchev–Trinajstić information content (AvgIpc) is 3.52. The van der Waals surface area contributed by atoms with Gasteiger partial charge >= 0.3 is 0 Å². The number of aryl methyl sites for hydroxylation is 1. The van der Waals surface area contributed by atoms with Gasteiger partial charge in [0.15, 0.2) is 0 Å². The average molecular weight is 616 g/mol. The molecule has 0 unspecified atom stereocenters. The van der Waals surface area contributed by atoms with Gasteiger partial charge in [-0.2, -0.15) is 0 Å². The molecule has 0 radical (unpaired) electrons. The lowest BCUT2D eigenvalue weighted by Gasteiger charge is -2.14. The second kappa shape index (κ2) is 33.6. The molecule has 0 aliphatic carbocycles. The van der Waals surface area contributed by atoms with Crippen molar-refractivity contribution in [2.75, 3.05) is 0 Å². The van der Waals surface area contributed by atoms with Crippen LogP contribution in [0.2, 0.25) is 0 Å². The van der Waals surface area contributed by atoms with Crippen LogP contribution in [0.5, 0.6) is 0 Å². The molecule has 44 heavy (non-hydrogen) atoms.